The topological polar surface area (TPSA) is 123 Å². The number of nitrogens with zero attached hydrogens (tertiary/aromatic N) is 3. The molecule has 1 amide bonds. The highest BCUT2D eigenvalue weighted by Gasteiger charge is 2.51. The van der Waals surface area contributed by atoms with Crippen LogP contribution in [-0.4, -0.2) is 53.8 Å². The lowest BCUT2D eigenvalue weighted by Gasteiger charge is -2.36. The molecule has 15 heteroatoms. The van der Waals surface area contributed by atoms with Crippen LogP contribution in [0.4, 0.5) is 29.3 Å². The zero-order chi connectivity index (χ0) is 28.8. The van der Waals surface area contributed by atoms with Gasteiger partial charge in [-0.25, -0.2) is 13.2 Å². The van der Waals surface area contributed by atoms with Gasteiger partial charge in [-0.05, 0) is 57.7 Å². The Bertz CT molecular complexity index is 1390. The number of carbonyl (C=O) groups excluding carboxylic acids is 1. The molecule has 2 aliphatic heterocycles. The minimum Gasteiger partial charge on any atom is -0.513 e. The van der Waals surface area contributed by atoms with Crippen molar-refractivity contribution in [2.75, 3.05) is 16.2 Å². The lowest BCUT2D eigenvalue weighted by atomic mass is 10.1. The van der Waals surface area contributed by atoms with Gasteiger partial charge in [-0.2, -0.15) is 18.3 Å². The third kappa shape index (κ3) is 5.91. The van der Waals surface area contributed by atoms with Crippen molar-refractivity contribution < 1.29 is 41.0 Å². The number of aromatic nitrogens is 2. The summed E-state index contributed by atoms with van der Waals surface area (Å²) in [5.74, 6) is 0.0532. The van der Waals surface area contributed by atoms with Crippen LogP contribution in [0.1, 0.15) is 45.2 Å². The molecule has 2 aromatic rings. The highest BCUT2D eigenvalue weighted by molar-refractivity contribution is 7.93. The normalized spacial score (nSPS) is 17.6. The zero-order valence-electron chi connectivity index (χ0n) is 21.2. The van der Waals surface area contributed by atoms with Gasteiger partial charge in [-0.15, -0.1) is 0 Å². The van der Waals surface area contributed by atoms with Gasteiger partial charge < -0.3 is 14.6 Å². The number of aryl methyl sites for hydroxylation is 1. The summed E-state index contributed by atoms with van der Waals surface area (Å²) >= 11 is 6.32. The molecule has 10 nitrogen and oxygen atoms in total. The number of halogens is 4. The van der Waals surface area contributed by atoms with E-state index in [9.17, 15) is 31.5 Å². The number of aliphatic hydroxyl groups excluding tert-OH is 1. The predicted molar refractivity (Wildman–Crippen MR) is 137 cm³/mol. The molecule has 214 valence electrons. The van der Waals surface area contributed by atoms with Crippen LogP contribution in [0.15, 0.2) is 35.4 Å². The van der Waals surface area contributed by atoms with E-state index in [-0.39, 0.29) is 52.3 Å². The Labute approximate surface area is 228 Å². The van der Waals surface area contributed by atoms with E-state index in [1.807, 2.05) is 0 Å². The largest absolute Gasteiger partial charge is 0.513 e. The Balaban J connectivity index is 1.70. The summed E-state index contributed by atoms with van der Waals surface area (Å²) in [5.41, 5.74) is -2.27. The first-order valence-corrected chi connectivity index (χ1v) is 13.9. The summed E-state index contributed by atoms with van der Waals surface area (Å²) < 4.78 is 80.7. The van der Waals surface area contributed by atoms with Gasteiger partial charge in [0.25, 0.3) is 10.0 Å². The van der Waals surface area contributed by atoms with Crippen molar-refractivity contribution in [3.05, 3.63) is 41.4 Å². The number of benzene rings is 1. The van der Waals surface area contributed by atoms with E-state index in [2.05, 4.69) is 21.7 Å². The smallest absolute Gasteiger partial charge is 0.427 e. The molecule has 0 spiro atoms. The van der Waals surface area contributed by atoms with Crippen LogP contribution in [0.5, 0.6) is 5.75 Å². The Morgan fingerprint density at radius 3 is 2.72 bits per heavy atom. The minimum absolute atomic E-state index is 0.0224. The summed E-state index contributed by atoms with van der Waals surface area (Å²) in [7, 11) is -4.31. The van der Waals surface area contributed by atoms with Gasteiger partial charge in [0.1, 0.15) is 16.7 Å². The number of ether oxygens (including phenoxy) is 2. The van der Waals surface area contributed by atoms with E-state index in [1.54, 1.807) is 4.68 Å². The number of allylic oxidation sites excluding steroid dienone is 1. The third-order valence-corrected chi connectivity index (χ3v) is 8.72. The van der Waals surface area contributed by atoms with Gasteiger partial charge in [0.2, 0.25) is 5.60 Å². The van der Waals surface area contributed by atoms with Crippen molar-refractivity contribution in [3.8, 4) is 5.75 Å². The van der Waals surface area contributed by atoms with Crippen molar-refractivity contribution in [2.45, 2.75) is 75.3 Å². The van der Waals surface area contributed by atoms with Crippen LogP contribution in [0.2, 0.25) is 5.15 Å². The summed E-state index contributed by atoms with van der Waals surface area (Å²) in [5, 5.41) is 15.8. The van der Waals surface area contributed by atoms with Gasteiger partial charge in [0, 0.05) is 18.7 Å². The molecule has 2 aliphatic rings. The highest BCUT2D eigenvalue weighted by atomic mass is 35.5. The van der Waals surface area contributed by atoms with E-state index in [0.29, 0.717) is 32.5 Å². The van der Waals surface area contributed by atoms with Crippen LogP contribution < -0.4 is 14.4 Å². The van der Waals surface area contributed by atoms with E-state index >= 15 is 0 Å². The molecule has 2 N–H and O–H groups in total. The number of alkyl halides is 3. The number of sulfonamides is 1. The zero-order valence-corrected chi connectivity index (χ0v) is 22.8. The molecule has 1 aromatic carbocycles. The van der Waals surface area contributed by atoms with Crippen molar-refractivity contribution >= 4 is 39.1 Å². The number of aliphatic hydroxyl groups is 1. The number of rotatable bonds is 7. The number of anilines is 2. The average Bonchev–Trinajstić information content (AvgIpc) is 3.17. The molecular weight excluding hydrogens is 565 g/mol. The Morgan fingerprint density at radius 1 is 1.33 bits per heavy atom. The van der Waals surface area contributed by atoms with E-state index in [1.165, 1.54) is 18.2 Å². The minimum atomic E-state index is -4.81. The predicted octanol–water partition coefficient (Wildman–Crippen LogP) is 5.57. The Kier molecular flexibility index (Phi) is 7.74. The second kappa shape index (κ2) is 10.5. The maximum absolute atomic E-state index is 14.0. The van der Waals surface area contributed by atoms with E-state index < -0.39 is 34.0 Å². The average molecular weight is 593 g/mol. The fourth-order valence-corrected chi connectivity index (χ4v) is 6.56. The third-order valence-electron chi connectivity index (χ3n) is 6.47. The molecule has 1 aromatic heterocycles. The van der Waals surface area contributed by atoms with Crippen molar-refractivity contribution in [3.63, 3.8) is 0 Å². The first-order chi connectivity index (χ1) is 18.1. The standard InChI is InChI=1S/C24H28ClF3N4O6S/c1-14(33)7-9-16-13-32(39(35,36)20-17-6-4-5-11-31(17)30-21(20)25)18-12-15(8-10-19(18)37-16)29-22(34)38-23(2,3)24(26,27)28/h8,10,12,16,33H,1,4-7,9,11,13H2,2-3H3,(H,29,34)/t16-/m0/s1. The molecule has 0 saturated carbocycles. The van der Waals surface area contributed by atoms with E-state index in [4.69, 9.17) is 16.3 Å². The van der Waals surface area contributed by atoms with Gasteiger partial charge in [-0.1, -0.05) is 18.2 Å². The second-order valence-electron chi connectivity index (χ2n) is 9.83. The van der Waals surface area contributed by atoms with Gasteiger partial charge in [0.15, 0.2) is 5.15 Å². The lowest BCUT2D eigenvalue weighted by Crippen LogP contribution is -2.44. The molecule has 0 unspecified atom stereocenters. The summed E-state index contributed by atoms with van der Waals surface area (Å²) in [4.78, 5) is 12.1. The molecule has 0 aliphatic carbocycles. The molecule has 4 rings (SSSR count). The fourth-order valence-electron chi connectivity index (χ4n) is 4.32. The molecule has 0 saturated heterocycles. The van der Waals surface area contributed by atoms with Gasteiger partial charge >= 0.3 is 12.3 Å². The number of carbonyl (C=O) groups is 1. The van der Waals surface area contributed by atoms with Crippen LogP contribution in [0.25, 0.3) is 0 Å². The van der Waals surface area contributed by atoms with Crippen LogP contribution in [0.3, 0.4) is 0 Å². The summed E-state index contributed by atoms with van der Waals surface area (Å²) in [6.45, 7) is 5.22. The number of amides is 1. The van der Waals surface area contributed by atoms with E-state index in [0.717, 1.165) is 17.1 Å². The number of fused-ring (bicyclic) bond motifs is 2. The van der Waals surface area contributed by atoms with Crippen LogP contribution >= 0.6 is 11.6 Å². The van der Waals surface area contributed by atoms with Crippen molar-refractivity contribution in [1.82, 2.24) is 9.78 Å². The number of nitrogens with one attached hydrogen (secondary N) is 1. The number of hydrogen-bond donors (Lipinski definition) is 2. The monoisotopic (exact) mass is 592 g/mol. The molecular formula is C24H28ClF3N4O6S. The van der Waals surface area contributed by atoms with Crippen molar-refractivity contribution in [2.24, 2.45) is 0 Å². The maximum Gasteiger partial charge on any atom is 0.427 e. The summed E-state index contributed by atoms with van der Waals surface area (Å²) in [6, 6.07) is 3.99. The fraction of sp³-hybridized carbons (Fsp3) is 0.500. The molecule has 39 heavy (non-hydrogen) atoms. The van der Waals surface area contributed by atoms with Gasteiger partial charge in [0.05, 0.1) is 23.7 Å². The molecule has 0 bridgehead atoms. The highest BCUT2D eigenvalue weighted by Crippen LogP contribution is 2.42. The SMILES string of the molecule is C=C(O)CC[C@H]1CN(S(=O)(=O)c2c(Cl)nn3c2CCCC3)c2cc(NC(=O)OC(C)(C)C(F)(F)F)ccc2O1. The second-order valence-corrected chi connectivity index (χ2v) is 12.0. The number of hydrogen-bond acceptors (Lipinski definition) is 7. The van der Waals surface area contributed by atoms with Gasteiger partial charge in [-0.3, -0.25) is 14.3 Å². The Morgan fingerprint density at radius 2 is 2.05 bits per heavy atom. The molecule has 1 atom stereocenters. The van der Waals surface area contributed by atoms with Crippen molar-refractivity contribution in [1.29, 1.82) is 0 Å². The summed E-state index contributed by atoms with van der Waals surface area (Å²) in [6.07, 6.45) is -4.39. The molecule has 3 heterocycles. The maximum atomic E-state index is 14.0. The Hall–Kier alpha value is -3.13. The molecule has 0 fully saturated rings. The lowest BCUT2D eigenvalue weighted by molar-refractivity contribution is -0.242. The first kappa shape index (κ1) is 28.9. The quantitative estimate of drug-likeness (QED) is 0.403. The van der Waals surface area contributed by atoms with Crippen LogP contribution in [0, 0.1) is 0 Å². The van der Waals surface area contributed by atoms with Crippen LogP contribution in [-0.2, 0) is 27.7 Å². The first-order valence-electron chi connectivity index (χ1n) is 12.1. The molecule has 0 radical (unpaired) electrons.